The number of hydrogen-bond acceptors (Lipinski definition) is 4. The zero-order valence-electron chi connectivity index (χ0n) is 16.6. The van der Waals surface area contributed by atoms with E-state index in [0.717, 1.165) is 42.6 Å². The van der Waals surface area contributed by atoms with Crippen LogP contribution in [0.15, 0.2) is 30.5 Å². The lowest BCUT2D eigenvalue weighted by atomic mass is 9.97. The van der Waals surface area contributed by atoms with Gasteiger partial charge in [0.2, 0.25) is 0 Å². The largest absolute Gasteiger partial charge is 0.466 e. The van der Waals surface area contributed by atoms with Crippen molar-refractivity contribution in [3.63, 3.8) is 0 Å². The second-order valence-corrected chi connectivity index (χ2v) is 7.76. The van der Waals surface area contributed by atoms with Crippen LogP contribution in [0.1, 0.15) is 60.1 Å². The maximum atomic E-state index is 13.3. The Labute approximate surface area is 165 Å². The first-order valence-electron chi connectivity index (χ1n) is 10.2. The number of aryl methyl sites for hydroxylation is 1. The minimum Gasteiger partial charge on any atom is -0.466 e. The van der Waals surface area contributed by atoms with E-state index in [1.165, 1.54) is 0 Å². The van der Waals surface area contributed by atoms with Gasteiger partial charge in [0.1, 0.15) is 0 Å². The van der Waals surface area contributed by atoms with E-state index in [4.69, 9.17) is 4.74 Å². The van der Waals surface area contributed by atoms with Gasteiger partial charge in [-0.1, -0.05) is 18.2 Å². The number of carbonyl (C=O) groups is 2. The lowest BCUT2D eigenvalue weighted by Crippen LogP contribution is -2.43. The van der Waals surface area contributed by atoms with E-state index < -0.39 is 0 Å². The number of piperidine rings is 1. The minimum absolute atomic E-state index is 0.0178. The van der Waals surface area contributed by atoms with Crippen molar-refractivity contribution in [2.75, 3.05) is 19.7 Å². The van der Waals surface area contributed by atoms with Crippen molar-refractivity contribution in [2.45, 2.75) is 45.4 Å². The standard InChI is InChI=1S/C22H27N3O3/c1-3-28-22(27)17-8-6-12-24(14-17)21(26)18-13-23-25(20(18)16-10-11-16)19-9-5-4-7-15(19)2/h4-5,7,9,13,16-17H,3,6,8,10-12,14H2,1-2H3. The number of amides is 1. The summed E-state index contributed by atoms with van der Waals surface area (Å²) in [5.74, 6) is -0.0612. The van der Waals surface area contributed by atoms with Crippen LogP contribution in [0.5, 0.6) is 0 Å². The van der Waals surface area contributed by atoms with Gasteiger partial charge in [-0.05, 0) is 51.2 Å². The maximum absolute atomic E-state index is 13.3. The molecule has 2 heterocycles. The molecule has 28 heavy (non-hydrogen) atoms. The van der Waals surface area contributed by atoms with Crippen LogP contribution in [0.3, 0.4) is 0 Å². The SMILES string of the molecule is CCOC(=O)C1CCCN(C(=O)c2cnn(-c3ccccc3C)c2C2CC2)C1. The topological polar surface area (TPSA) is 64.4 Å². The van der Waals surface area contributed by atoms with Crippen LogP contribution in [0.2, 0.25) is 0 Å². The van der Waals surface area contributed by atoms with E-state index in [2.05, 4.69) is 18.1 Å². The first kappa shape index (κ1) is 18.7. The summed E-state index contributed by atoms with van der Waals surface area (Å²) in [6.07, 6.45) is 5.48. The number of hydrogen-bond donors (Lipinski definition) is 0. The monoisotopic (exact) mass is 381 g/mol. The fraction of sp³-hybridized carbons (Fsp3) is 0.500. The van der Waals surface area contributed by atoms with Crippen LogP contribution in [0.4, 0.5) is 0 Å². The molecule has 1 atom stereocenters. The van der Waals surface area contributed by atoms with Gasteiger partial charge >= 0.3 is 5.97 Å². The van der Waals surface area contributed by atoms with E-state index in [1.807, 2.05) is 29.8 Å². The van der Waals surface area contributed by atoms with Crippen LogP contribution in [0.25, 0.3) is 5.69 Å². The van der Waals surface area contributed by atoms with Crippen molar-refractivity contribution < 1.29 is 14.3 Å². The average Bonchev–Trinajstić information content (AvgIpc) is 3.46. The number of ether oxygens (including phenoxy) is 1. The van der Waals surface area contributed by atoms with Crippen molar-refractivity contribution in [3.8, 4) is 5.69 Å². The van der Waals surface area contributed by atoms with E-state index in [-0.39, 0.29) is 17.8 Å². The molecule has 1 saturated heterocycles. The van der Waals surface area contributed by atoms with Gasteiger partial charge in [0, 0.05) is 19.0 Å². The molecule has 4 rings (SSSR count). The molecule has 1 saturated carbocycles. The molecular formula is C22H27N3O3. The predicted molar refractivity (Wildman–Crippen MR) is 106 cm³/mol. The van der Waals surface area contributed by atoms with Gasteiger partial charge in [0.05, 0.1) is 35.7 Å². The normalized spacial score (nSPS) is 19.5. The third kappa shape index (κ3) is 3.55. The summed E-state index contributed by atoms with van der Waals surface area (Å²) >= 11 is 0. The molecule has 6 nitrogen and oxygen atoms in total. The zero-order valence-corrected chi connectivity index (χ0v) is 16.6. The van der Waals surface area contributed by atoms with Crippen molar-refractivity contribution in [1.29, 1.82) is 0 Å². The van der Waals surface area contributed by atoms with Crippen molar-refractivity contribution in [2.24, 2.45) is 5.92 Å². The number of rotatable bonds is 5. The molecule has 148 valence electrons. The van der Waals surface area contributed by atoms with Gasteiger partial charge in [0.15, 0.2) is 0 Å². The van der Waals surface area contributed by atoms with Gasteiger partial charge < -0.3 is 9.64 Å². The van der Waals surface area contributed by atoms with Crippen LogP contribution in [-0.4, -0.2) is 46.3 Å². The summed E-state index contributed by atoms with van der Waals surface area (Å²) in [4.78, 5) is 27.3. The van der Waals surface area contributed by atoms with Crippen LogP contribution < -0.4 is 0 Å². The highest BCUT2D eigenvalue weighted by Crippen LogP contribution is 2.43. The van der Waals surface area contributed by atoms with Gasteiger partial charge in [-0.15, -0.1) is 0 Å². The summed E-state index contributed by atoms with van der Waals surface area (Å²) in [5, 5.41) is 4.59. The molecule has 1 amide bonds. The molecule has 1 aliphatic carbocycles. The summed E-state index contributed by atoms with van der Waals surface area (Å²) in [7, 11) is 0. The third-order valence-corrected chi connectivity index (χ3v) is 5.67. The Bertz CT molecular complexity index is 885. The Morgan fingerprint density at radius 2 is 2.00 bits per heavy atom. The van der Waals surface area contributed by atoms with Crippen molar-refractivity contribution >= 4 is 11.9 Å². The molecule has 0 spiro atoms. The molecule has 1 aliphatic heterocycles. The Balaban J connectivity index is 1.62. The van der Waals surface area contributed by atoms with Gasteiger partial charge in [-0.25, -0.2) is 4.68 Å². The molecule has 0 N–H and O–H groups in total. The lowest BCUT2D eigenvalue weighted by molar-refractivity contribution is -0.149. The second-order valence-electron chi connectivity index (χ2n) is 7.76. The van der Waals surface area contributed by atoms with Gasteiger partial charge in [0.25, 0.3) is 5.91 Å². The number of benzene rings is 1. The fourth-order valence-corrected chi connectivity index (χ4v) is 4.05. The number of nitrogens with zero attached hydrogens (tertiary/aromatic N) is 3. The lowest BCUT2D eigenvalue weighted by Gasteiger charge is -2.31. The number of para-hydroxylation sites is 1. The molecule has 1 unspecified atom stereocenters. The second kappa shape index (κ2) is 7.78. The highest BCUT2D eigenvalue weighted by molar-refractivity contribution is 5.96. The van der Waals surface area contributed by atoms with E-state index in [9.17, 15) is 9.59 Å². The van der Waals surface area contributed by atoms with Crippen molar-refractivity contribution in [3.05, 3.63) is 47.3 Å². The molecule has 0 radical (unpaired) electrons. The summed E-state index contributed by atoms with van der Waals surface area (Å²) < 4.78 is 7.11. The molecule has 2 aliphatic rings. The molecule has 6 heteroatoms. The maximum Gasteiger partial charge on any atom is 0.310 e. The number of aromatic nitrogens is 2. The molecule has 2 fully saturated rings. The number of carbonyl (C=O) groups excluding carboxylic acids is 2. The summed E-state index contributed by atoms with van der Waals surface area (Å²) in [6.45, 7) is 5.35. The smallest absolute Gasteiger partial charge is 0.310 e. The van der Waals surface area contributed by atoms with Crippen LogP contribution in [0, 0.1) is 12.8 Å². The molecule has 1 aromatic carbocycles. The number of likely N-dealkylation sites (tertiary alicyclic amines) is 1. The van der Waals surface area contributed by atoms with Crippen LogP contribution in [-0.2, 0) is 9.53 Å². The Morgan fingerprint density at radius 3 is 2.71 bits per heavy atom. The van der Waals surface area contributed by atoms with Crippen molar-refractivity contribution in [1.82, 2.24) is 14.7 Å². The van der Waals surface area contributed by atoms with Crippen LogP contribution >= 0.6 is 0 Å². The van der Waals surface area contributed by atoms with E-state index in [0.29, 0.717) is 31.2 Å². The Kier molecular flexibility index (Phi) is 5.20. The van der Waals surface area contributed by atoms with E-state index >= 15 is 0 Å². The molecule has 2 aromatic rings. The summed E-state index contributed by atoms with van der Waals surface area (Å²) in [5.41, 5.74) is 3.84. The van der Waals surface area contributed by atoms with Gasteiger partial charge in [-0.3, -0.25) is 9.59 Å². The zero-order chi connectivity index (χ0) is 19.7. The van der Waals surface area contributed by atoms with Gasteiger partial charge in [-0.2, -0.15) is 5.10 Å². The Morgan fingerprint density at radius 1 is 1.21 bits per heavy atom. The highest BCUT2D eigenvalue weighted by Gasteiger charge is 2.36. The first-order valence-corrected chi connectivity index (χ1v) is 10.2. The predicted octanol–water partition coefficient (Wildman–Crippen LogP) is 3.47. The minimum atomic E-state index is -0.228. The highest BCUT2D eigenvalue weighted by atomic mass is 16.5. The third-order valence-electron chi connectivity index (χ3n) is 5.67. The van der Waals surface area contributed by atoms with E-state index in [1.54, 1.807) is 11.1 Å². The quantitative estimate of drug-likeness (QED) is 0.744. The fourth-order valence-electron chi connectivity index (χ4n) is 4.05. The first-order chi connectivity index (χ1) is 13.6. The Hall–Kier alpha value is -2.63. The molecule has 1 aromatic heterocycles. The average molecular weight is 381 g/mol. The molecule has 0 bridgehead atoms. The summed E-state index contributed by atoms with van der Waals surface area (Å²) in [6, 6.07) is 8.11. The molecular weight excluding hydrogens is 354 g/mol. The number of esters is 1.